The number of aromatic hydroxyl groups is 2. The van der Waals surface area contributed by atoms with E-state index in [1.807, 2.05) is 12.1 Å². The van der Waals surface area contributed by atoms with E-state index in [4.69, 9.17) is 5.11 Å². The summed E-state index contributed by atoms with van der Waals surface area (Å²) in [5.74, 6) is 5.44. The first-order valence-electron chi connectivity index (χ1n) is 17.8. The van der Waals surface area contributed by atoms with Crippen molar-refractivity contribution in [3.63, 3.8) is 0 Å². The minimum atomic E-state index is 0.322. The number of rotatable bonds is 26. The predicted octanol–water partition coefficient (Wildman–Crippen LogP) is 13.4. The fourth-order valence-corrected chi connectivity index (χ4v) is 7.51. The maximum absolute atomic E-state index is 10.3. The van der Waals surface area contributed by atoms with Crippen LogP contribution in [0.5, 0.6) is 11.5 Å². The first-order chi connectivity index (χ1) is 21.1. The maximum atomic E-state index is 10.3. The second kappa shape index (κ2) is 29.5. The zero-order chi connectivity index (χ0) is 31.2. The molecule has 2 N–H and O–H groups in total. The molecular weight excluding hydrogens is 565 g/mol. The Morgan fingerprint density at radius 2 is 0.907 bits per heavy atom. The van der Waals surface area contributed by atoms with Gasteiger partial charge in [0.25, 0.3) is 0 Å². The third kappa shape index (κ3) is 22.8. The molecule has 0 aliphatic rings. The van der Waals surface area contributed by atoms with Crippen molar-refractivity contribution >= 4 is 23.5 Å². The molecular formula is C39H66O2S2. The Bertz CT molecular complexity index is 871. The highest BCUT2D eigenvalue weighted by atomic mass is 32.2. The van der Waals surface area contributed by atoms with E-state index in [-0.39, 0.29) is 0 Å². The smallest absolute Gasteiger partial charge is 0.118 e. The van der Waals surface area contributed by atoms with Gasteiger partial charge < -0.3 is 10.2 Å². The van der Waals surface area contributed by atoms with Crippen molar-refractivity contribution in [3.8, 4) is 11.5 Å². The van der Waals surface area contributed by atoms with Crippen molar-refractivity contribution in [2.24, 2.45) is 0 Å². The van der Waals surface area contributed by atoms with Crippen LogP contribution in [0.3, 0.4) is 0 Å². The average molecular weight is 631 g/mol. The largest absolute Gasteiger partial charge is 0.508 e. The minimum absolute atomic E-state index is 0.322. The van der Waals surface area contributed by atoms with Crippen molar-refractivity contribution in [2.75, 3.05) is 11.5 Å². The fourth-order valence-electron chi connectivity index (χ4n) is 5.30. The zero-order valence-electron chi connectivity index (χ0n) is 28.2. The lowest BCUT2D eigenvalue weighted by molar-refractivity contribution is 0.470. The monoisotopic (exact) mass is 630 g/mol. The molecule has 0 aliphatic heterocycles. The molecule has 2 aromatic rings. The van der Waals surface area contributed by atoms with Gasteiger partial charge in [-0.3, -0.25) is 0 Å². The molecule has 246 valence electrons. The molecule has 0 fully saturated rings. The van der Waals surface area contributed by atoms with Crippen LogP contribution >= 0.6 is 23.5 Å². The number of unbranched alkanes of at least 4 members (excludes halogenated alkanes) is 18. The number of hydrogen-bond acceptors (Lipinski definition) is 4. The van der Waals surface area contributed by atoms with Crippen molar-refractivity contribution in [1.29, 1.82) is 0 Å². The van der Waals surface area contributed by atoms with Gasteiger partial charge in [-0.15, -0.1) is 0 Å². The molecule has 4 heteroatoms. The van der Waals surface area contributed by atoms with Crippen molar-refractivity contribution in [1.82, 2.24) is 0 Å². The lowest BCUT2D eigenvalue weighted by Gasteiger charge is -2.14. The molecule has 2 nitrogen and oxygen atoms in total. The lowest BCUT2D eigenvalue weighted by atomic mass is 10.0. The van der Waals surface area contributed by atoms with E-state index >= 15 is 0 Å². The lowest BCUT2D eigenvalue weighted by Crippen LogP contribution is -1.97. The molecule has 0 saturated carbocycles. The van der Waals surface area contributed by atoms with Gasteiger partial charge in [0.2, 0.25) is 0 Å². The Morgan fingerprint density at radius 1 is 0.488 bits per heavy atom. The van der Waals surface area contributed by atoms with Crippen LogP contribution in [0.15, 0.2) is 42.5 Å². The van der Waals surface area contributed by atoms with Crippen LogP contribution in [0.2, 0.25) is 0 Å². The summed E-state index contributed by atoms with van der Waals surface area (Å²) in [5, 5.41) is 18.9. The van der Waals surface area contributed by atoms with Gasteiger partial charge in [0.1, 0.15) is 11.5 Å². The van der Waals surface area contributed by atoms with Gasteiger partial charge in [-0.1, -0.05) is 154 Å². The summed E-state index contributed by atoms with van der Waals surface area (Å²) >= 11 is 4.14. The van der Waals surface area contributed by atoms with E-state index in [2.05, 4.69) is 50.4 Å². The second-order valence-corrected chi connectivity index (χ2v) is 14.4. The standard InChI is InChI=1S/C33H60OS2.C6H6O/c1-4-6-8-10-12-14-16-18-20-22-26-35-28-31-24-25-33(34)30(3)32(31)29-36-27-23-21-19-17-15-13-11-9-7-5-2;7-6-4-2-1-3-5-6/h24-25,34H,4-23,26-29H2,1-3H3;1-5,7H. The minimum Gasteiger partial charge on any atom is -0.508 e. The van der Waals surface area contributed by atoms with Gasteiger partial charge in [-0.2, -0.15) is 23.5 Å². The summed E-state index contributed by atoms with van der Waals surface area (Å²) in [7, 11) is 0. The number of thioether (sulfide) groups is 2. The highest BCUT2D eigenvalue weighted by Gasteiger charge is 2.10. The second-order valence-electron chi connectivity index (χ2n) is 12.2. The quantitative estimate of drug-likeness (QED) is 0.101. The third-order valence-corrected chi connectivity index (χ3v) is 10.4. The summed E-state index contributed by atoms with van der Waals surface area (Å²) in [6.45, 7) is 6.68. The molecule has 0 saturated heterocycles. The molecule has 0 spiro atoms. The fraction of sp³-hybridized carbons (Fsp3) is 0.692. The number of hydrogen-bond donors (Lipinski definition) is 2. The molecule has 2 rings (SSSR count). The molecule has 0 unspecified atom stereocenters. The Hall–Kier alpha value is -1.26. The summed E-state index contributed by atoms with van der Waals surface area (Å²) in [5.41, 5.74) is 3.93. The number of para-hydroxylation sites is 1. The van der Waals surface area contributed by atoms with Crippen LogP contribution in [0.25, 0.3) is 0 Å². The molecule has 0 amide bonds. The Morgan fingerprint density at radius 3 is 1.33 bits per heavy atom. The van der Waals surface area contributed by atoms with Crippen LogP contribution in [0.1, 0.15) is 159 Å². The SMILES string of the molecule is CCCCCCCCCCCCSCc1ccc(O)c(C)c1CSCCCCCCCCCCCC.Oc1ccccc1. The van der Waals surface area contributed by atoms with E-state index < -0.39 is 0 Å². The highest BCUT2D eigenvalue weighted by Crippen LogP contribution is 2.30. The van der Waals surface area contributed by atoms with Crippen LogP contribution in [-0.2, 0) is 11.5 Å². The number of phenolic OH excluding ortho intramolecular Hbond substituents is 2. The first kappa shape index (κ1) is 39.8. The molecule has 43 heavy (non-hydrogen) atoms. The van der Waals surface area contributed by atoms with Crippen molar-refractivity contribution in [3.05, 3.63) is 59.2 Å². The van der Waals surface area contributed by atoms with Crippen LogP contribution in [-0.4, -0.2) is 21.7 Å². The highest BCUT2D eigenvalue weighted by molar-refractivity contribution is 7.98. The van der Waals surface area contributed by atoms with E-state index in [1.54, 1.807) is 24.3 Å². The number of benzene rings is 2. The molecule has 0 bridgehead atoms. The molecule has 0 aromatic heterocycles. The Balaban J connectivity index is 0.00000115. The summed E-state index contributed by atoms with van der Waals surface area (Å²) in [6, 6.07) is 12.8. The Labute approximate surface area is 275 Å². The molecule has 0 radical (unpaired) electrons. The van der Waals surface area contributed by atoms with Gasteiger partial charge >= 0.3 is 0 Å². The van der Waals surface area contributed by atoms with Crippen molar-refractivity contribution in [2.45, 2.75) is 161 Å². The van der Waals surface area contributed by atoms with E-state index in [0.29, 0.717) is 11.5 Å². The molecule has 0 atom stereocenters. The Kier molecular flexibility index (Phi) is 27.2. The molecule has 0 heterocycles. The van der Waals surface area contributed by atoms with Gasteiger partial charge in [-0.25, -0.2) is 0 Å². The van der Waals surface area contributed by atoms with Crippen LogP contribution in [0.4, 0.5) is 0 Å². The van der Waals surface area contributed by atoms with E-state index in [1.165, 1.54) is 151 Å². The number of phenols is 2. The summed E-state index contributed by atoms with van der Waals surface area (Å²) in [6.07, 6.45) is 28.1. The topological polar surface area (TPSA) is 40.5 Å². The normalized spacial score (nSPS) is 11.0. The van der Waals surface area contributed by atoms with Crippen LogP contribution in [0, 0.1) is 6.92 Å². The molecule has 0 aliphatic carbocycles. The van der Waals surface area contributed by atoms with E-state index in [9.17, 15) is 5.11 Å². The first-order valence-corrected chi connectivity index (χ1v) is 20.1. The van der Waals surface area contributed by atoms with Gasteiger partial charge in [0.05, 0.1) is 0 Å². The molecule has 2 aromatic carbocycles. The van der Waals surface area contributed by atoms with Crippen molar-refractivity contribution < 1.29 is 10.2 Å². The predicted molar refractivity (Wildman–Crippen MR) is 197 cm³/mol. The summed E-state index contributed by atoms with van der Waals surface area (Å²) < 4.78 is 0. The average Bonchev–Trinajstić information content (AvgIpc) is 3.01. The van der Waals surface area contributed by atoms with E-state index in [0.717, 1.165) is 17.1 Å². The van der Waals surface area contributed by atoms with Gasteiger partial charge in [0.15, 0.2) is 0 Å². The maximum Gasteiger partial charge on any atom is 0.118 e. The summed E-state index contributed by atoms with van der Waals surface area (Å²) in [4.78, 5) is 0. The van der Waals surface area contributed by atoms with Gasteiger partial charge in [0, 0.05) is 11.5 Å². The van der Waals surface area contributed by atoms with Crippen LogP contribution < -0.4 is 0 Å². The third-order valence-electron chi connectivity index (χ3n) is 8.21. The zero-order valence-corrected chi connectivity index (χ0v) is 29.9. The van der Waals surface area contributed by atoms with Gasteiger partial charge in [-0.05, 0) is 66.2 Å².